The Kier molecular flexibility index (Phi) is 4.99. The van der Waals surface area contributed by atoms with Crippen LogP contribution in [0.3, 0.4) is 0 Å². The molecule has 0 bridgehead atoms. The summed E-state index contributed by atoms with van der Waals surface area (Å²) >= 11 is 0. The lowest BCUT2D eigenvalue weighted by atomic mass is 9.89. The fraction of sp³-hybridized carbons (Fsp3) is 0.0870. The van der Waals surface area contributed by atoms with Crippen LogP contribution in [-0.4, -0.2) is 24.6 Å². The Hall–Kier alpha value is -3.32. The predicted octanol–water partition coefficient (Wildman–Crippen LogP) is 5.23. The zero-order chi connectivity index (χ0) is 21.5. The molecular weight excluding hydrogens is 406 g/mol. The van der Waals surface area contributed by atoms with Gasteiger partial charge in [-0.25, -0.2) is 22.2 Å². The van der Waals surface area contributed by atoms with Gasteiger partial charge in [-0.15, -0.1) is 6.58 Å². The number of H-pyrrole nitrogens is 1. The third-order valence-corrected chi connectivity index (χ3v) is 5.85. The molecule has 30 heavy (non-hydrogen) atoms. The molecule has 4 nitrogen and oxygen atoms in total. The molecule has 4 rings (SSSR count). The van der Waals surface area contributed by atoms with Gasteiger partial charge in [0.2, 0.25) is 15.0 Å². The highest BCUT2D eigenvalue weighted by Gasteiger charge is 2.25. The van der Waals surface area contributed by atoms with E-state index in [0.29, 0.717) is 5.56 Å². The highest BCUT2D eigenvalue weighted by atomic mass is 32.2. The van der Waals surface area contributed by atoms with Crippen molar-refractivity contribution in [2.75, 3.05) is 6.26 Å². The lowest BCUT2D eigenvalue weighted by Crippen LogP contribution is -2.05. The molecule has 1 heterocycles. The van der Waals surface area contributed by atoms with Crippen LogP contribution in [0.1, 0.15) is 17.0 Å². The van der Waals surface area contributed by atoms with Crippen molar-refractivity contribution in [1.82, 2.24) is 9.97 Å². The number of aromatic nitrogens is 2. The van der Waals surface area contributed by atoms with Gasteiger partial charge in [0.25, 0.3) is 0 Å². The first-order chi connectivity index (χ1) is 14.3. The van der Waals surface area contributed by atoms with Crippen LogP contribution in [0.15, 0.2) is 78.5 Å². The fourth-order valence-electron chi connectivity index (χ4n) is 3.47. The van der Waals surface area contributed by atoms with E-state index in [-0.39, 0.29) is 16.6 Å². The van der Waals surface area contributed by atoms with Crippen molar-refractivity contribution in [3.63, 3.8) is 0 Å². The molecule has 0 saturated heterocycles. The summed E-state index contributed by atoms with van der Waals surface area (Å²) in [6.07, 6.45) is 2.40. The van der Waals surface area contributed by atoms with Gasteiger partial charge in [0.15, 0.2) is 5.82 Å². The lowest BCUT2D eigenvalue weighted by molar-refractivity contribution is 0.561. The van der Waals surface area contributed by atoms with Crippen LogP contribution in [-0.2, 0) is 9.84 Å². The minimum absolute atomic E-state index is 0.0172. The maximum absolute atomic E-state index is 15.2. The van der Waals surface area contributed by atoms with Crippen molar-refractivity contribution in [1.29, 1.82) is 0 Å². The zero-order valence-corrected chi connectivity index (χ0v) is 16.9. The van der Waals surface area contributed by atoms with Crippen LogP contribution in [0.2, 0.25) is 0 Å². The summed E-state index contributed by atoms with van der Waals surface area (Å²) in [5.74, 6) is -2.48. The van der Waals surface area contributed by atoms with Crippen molar-refractivity contribution in [3.8, 4) is 11.1 Å². The van der Waals surface area contributed by atoms with Gasteiger partial charge in [-0.3, -0.25) is 0 Å². The Morgan fingerprint density at radius 2 is 1.67 bits per heavy atom. The van der Waals surface area contributed by atoms with Gasteiger partial charge in [0, 0.05) is 23.8 Å². The van der Waals surface area contributed by atoms with Crippen molar-refractivity contribution in [2.45, 2.75) is 11.1 Å². The number of benzene rings is 3. The van der Waals surface area contributed by atoms with E-state index < -0.39 is 32.5 Å². The van der Waals surface area contributed by atoms with Gasteiger partial charge < -0.3 is 4.98 Å². The molecule has 152 valence electrons. The predicted molar refractivity (Wildman–Crippen MR) is 113 cm³/mol. The van der Waals surface area contributed by atoms with Gasteiger partial charge in [0.1, 0.15) is 11.3 Å². The fourth-order valence-corrected chi connectivity index (χ4v) is 4.02. The number of sulfone groups is 1. The molecule has 3 aromatic carbocycles. The van der Waals surface area contributed by atoms with E-state index in [9.17, 15) is 12.8 Å². The molecule has 1 aromatic heterocycles. The van der Waals surface area contributed by atoms with Gasteiger partial charge in [0.05, 0.1) is 5.52 Å². The number of aromatic amines is 1. The maximum Gasteiger partial charge on any atom is 0.225 e. The lowest BCUT2D eigenvalue weighted by Gasteiger charge is -2.16. The molecule has 0 aliphatic carbocycles. The van der Waals surface area contributed by atoms with Crippen LogP contribution in [0, 0.1) is 11.6 Å². The van der Waals surface area contributed by atoms with Crippen molar-refractivity contribution < 1.29 is 17.2 Å². The third kappa shape index (κ3) is 3.52. The topological polar surface area (TPSA) is 62.8 Å². The molecular formula is C23H18F2N2O2S. The number of allylic oxidation sites excluding steroid dienone is 1. The van der Waals surface area contributed by atoms with Gasteiger partial charge in [-0.05, 0) is 16.7 Å². The summed E-state index contributed by atoms with van der Waals surface area (Å²) in [5, 5.41) is -0.407. The highest BCUT2D eigenvalue weighted by molar-refractivity contribution is 7.90. The summed E-state index contributed by atoms with van der Waals surface area (Å²) in [4.78, 5) is 6.29. The SMILES string of the molecule is C=CC(c1ccc(-c2ccccc2)cc1)c1c(F)cc2[nH]c(S(C)(=O)=O)nc2c1F. The molecule has 0 aliphatic heterocycles. The Balaban J connectivity index is 1.80. The molecule has 0 saturated carbocycles. The van der Waals surface area contributed by atoms with E-state index in [4.69, 9.17) is 0 Å². The monoisotopic (exact) mass is 424 g/mol. The first-order valence-electron chi connectivity index (χ1n) is 9.15. The summed E-state index contributed by atoms with van der Waals surface area (Å²) < 4.78 is 53.5. The van der Waals surface area contributed by atoms with Crippen molar-refractivity contribution >= 4 is 20.9 Å². The average molecular weight is 424 g/mol. The molecule has 7 heteroatoms. The molecule has 1 N–H and O–H groups in total. The second-order valence-corrected chi connectivity index (χ2v) is 8.93. The third-order valence-electron chi connectivity index (χ3n) is 4.96. The van der Waals surface area contributed by atoms with Crippen LogP contribution < -0.4 is 0 Å². The minimum atomic E-state index is -3.69. The van der Waals surface area contributed by atoms with Crippen LogP contribution >= 0.6 is 0 Å². The van der Waals surface area contributed by atoms with Gasteiger partial charge in [-0.2, -0.15) is 0 Å². The van der Waals surface area contributed by atoms with E-state index in [1.165, 1.54) is 6.08 Å². The Bertz CT molecular complexity index is 1350. The summed E-state index contributed by atoms with van der Waals surface area (Å²) in [5.41, 5.74) is 2.19. The first kappa shape index (κ1) is 20.0. The number of rotatable bonds is 5. The number of hydrogen-bond donors (Lipinski definition) is 1. The molecule has 0 amide bonds. The van der Waals surface area contributed by atoms with Crippen LogP contribution in [0.25, 0.3) is 22.2 Å². The molecule has 0 aliphatic rings. The molecule has 1 atom stereocenters. The molecule has 0 fully saturated rings. The minimum Gasteiger partial charge on any atom is -0.329 e. The number of halogens is 2. The number of imidazole rings is 1. The van der Waals surface area contributed by atoms with Gasteiger partial charge >= 0.3 is 0 Å². The molecule has 0 radical (unpaired) electrons. The van der Waals surface area contributed by atoms with Crippen molar-refractivity contribution in [3.05, 3.63) is 96.1 Å². The average Bonchev–Trinajstić information content (AvgIpc) is 3.17. The first-order valence-corrected chi connectivity index (χ1v) is 11.0. The molecule has 1 unspecified atom stereocenters. The van der Waals surface area contributed by atoms with E-state index in [1.54, 1.807) is 12.1 Å². The summed E-state index contributed by atoms with van der Waals surface area (Å²) in [7, 11) is -3.69. The Morgan fingerprint density at radius 3 is 2.27 bits per heavy atom. The van der Waals surface area contributed by atoms with E-state index in [2.05, 4.69) is 16.5 Å². The van der Waals surface area contributed by atoms with Crippen molar-refractivity contribution in [2.24, 2.45) is 0 Å². The molecule has 0 spiro atoms. The van der Waals surface area contributed by atoms with Crippen LogP contribution in [0.4, 0.5) is 8.78 Å². The zero-order valence-electron chi connectivity index (χ0n) is 16.1. The quantitative estimate of drug-likeness (QED) is 0.446. The van der Waals surface area contributed by atoms with E-state index in [1.807, 2.05) is 42.5 Å². The molecule has 4 aromatic rings. The largest absolute Gasteiger partial charge is 0.329 e. The number of hydrogen-bond acceptors (Lipinski definition) is 3. The number of fused-ring (bicyclic) bond motifs is 1. The second-order valence-electron chi connectivity index (χ2n) is 7.00. The van der Waals surface area contributed by atoms with Crippen LogP contribution in [0.5, 0.6) is 0 Å². The highest BCUT2D eigenvalue weighted by Crippen LogP contribution is 2.34. The Labute approximate surface area is 172 Å². The van der Waals surface area contributed by atoms with E-state index >= 15 is 4.39 Å². The number of nitrogens with one attached hydrogen (secondary N) is 1. The normalized spacial score (nSPS) is 12.8. The maximum atomic E-state index is 15.2. The summed E-state index contributed by atoms with van der Waals surface area (Å²) in [6.45, 7) is 3.74. The number of nitrogens with zero attached hydrogens (tertiary/aromatic N) is 1. The second kappa shape index (κ2) is 7.50. The Morgan fingerprint density at radius 1 is 1.03 bits per heavy atom. The van der Waals surface area contributed by atoms with Gasteiger partial charge in [-0.1, -0.05) is 60.7 Å². The smallest absolute Gasteiger partial charge is 0.225 e. The standard InChI is InChI=1S/C23H18F2N2O2S/c1-3-17(16-11-9-15(10-12-16)14-7-5-4-6-8-14)20-18(24)13-19-22(21(20)25)27-23(26-19)30(2,28)29/h3-13,17H,1H2,2H3,(H,26,27). The summed E-state index contributed by atoms with van der Waals surface area (Å²) in [6, 6.07) is 18.2. The van der Waals surface area contributed by atoms with E-state index in [0.717, 1.165) is 23.4 Å².